The second kappa shape index (κ2) is 8.32. The number of unbranched alkanes of at least 4 members (excludes halogenated alkanes) is 1. The number of aliphatic hydroxyl groups is 2. The molecule has 28 heavy (non-hydrogen) atoms. The minimum atomic E-state index is -0.0517. The van der Waals surface area contributed by atoms with Crippen LogP contribution < -0.4 is 0 Å². The maximum atomic E-state index is 11.4. The van der Waals surface area contributed by atoms with Gasteiger partial charge in [-0.15, -0.1) is 0 Å². The molecule has 2 N–H and O–H groups in total. The molecule has 0 aliphatic heterocycles. The molecule has 4 aliphatic carbocycles. The zero-order valence-electron chi connectivity index (χ0n) is 19.1. The molecule has 0 heterocycles. The van der Waals surface area contributed by atoms with Crippen LogP contribution in [0.5, 0.6) is 0 Å². The molecule has 0 spiro atoms. The van der Waals surface area contributed by atoms with Crippen LogP contribution in [0.25, 0.3) is 0 Å². The van der Waals surface area contributed by atoms with Crippen molar-refractivity contribution in [2.75, 3.05) is 0 Å². The van der Waals surface area contributed by atoms with E-state index in [0.717, 1.165) is 36.4 Å². The van der Waals surface area contributed by atoms with Gasteiger partial charge in [0.2, 0.25) is 0 Å². The summed E-state index contributed by atoms with van der Waals surface area (Å²) in [5.41, 5.74) is 1.24. The van der Waals surface area contributed by atoms with Gasteiger partial charge in [-0.1, -0.05) is 60.0 Å². The van der Waals surface area contributed by atoms with E-state index in [9.17, 15) is 5.11 Å². The van der Waals surface area contributed by atoms with E-state index in [2.05, 4.69) is 34.3 Å². The lowest BCUT2D eigenvalue weighted by Crippen LogP contribution is -2.60. The summed E-state index contributed by atoms with van der Waals surface area (Å²) >= 11 is 0. The highest BCUT2D eigenvalue weighted by molar-refractivity contribution is 5.13. The molecule has 0 saturated heterocycles. The van der Waals surface area contributed by atoms with E-state index < -0.39 is 0 Å². The number of hydrogen-bond acceptors (Lipinski definition) is 2. The van der Waals surface area contributed by atoms with Crippen LogP contribution in [-0.4, -0.2) is 16.3 Å². The Morgan fingerprint density at radius 2 is 1.68 bits per heavy atom. The van der Waals surface area contributed by atoms with Gasteiger partial charge in [0.05, 0.1) is 12.4 Å². The van der Waals surface area contributed by atoms with Gasteiger partial charge in [-0.05, 0) is 91.3 Å². The van der Waals surface area contributed by atoms with E-state index in [1.54, 1.807) is 0 Å². The van der Waals surface area contributed by atoms with Gasteiger partial charge in [-0.25, -0.2) is 0 Å². The fourth-order valence-corrected chi connectivity index (χ4v) is 8.61. The lowest BCUT2D eigenvalue weighted by atomic mass is 9.40. The quantitative estimate of drug-likeness (QED) is 0.497. The van der Waals surface area contributed by atoms with Gasteiger partial charge >= 0.3 is 0 Å². The van der Waals surface area contributed by atoms with Crippen LogP contribution in [0, 0.1) is 39.9 Å². The molecule has 4 saturated carbocycles. The molecule has 4 aliphatic rings. The highest BCUT2D eigenvalue weighted by Gasteiger charge is 2.64. The van der Waals surface area contributed by atoms with E-state index in [-0.39, 0.29) is 11.5 Å². The molecule has 162 valence electrons. The fraction of sp³-hybridized carbons (Fsp3) is 0.923. The second-order valence-corrected chi connectivity index (χ2v) is 11.3. The van der Waals surface area contributed by atoms with Crippen molar-refractivity contribution in [2.24, 2.45) is 39.9 Å². The van der Waals surface area contributed by atoms with Crippen LogP contribution >= 0.6 is 0 Å². The summed E-state index contributed by atoms with van der Waals surface area (Å²) in [5, 5.41) is 18.8. The molecule has 2 unspecified atom stereocenters. The summed E-state index contributed by atoms with van der Waals surface area (Å²) in [7, 11) is 0. The van der Waals surface area contributed by atoms with Crippen molar-refractivity contribution in [3.8, 4) is 0 Å². The number of aliphatic hydroxyl groups excluding tert-OH is 2. The highest BCUT2D eigenvalue weighted by atomic mass is 16.3. The Morgan fingerprint density at radius 1 is 1.00 bits per heavy atom. The van der Waals surface area contributed by atoms with Crippen molar-refractivity contribution >= 4 is 0 Å². The van der Waals surface area contributed by atoms with Crippen LogP contribution in [0.2, 0.25) is 0 Å². The molecule has 0 amide bonds. The van der Waals surface area contributed by atoms with Crippen LogP contribution in [-0.2, 0) is 0 Å². The Morgan fingerprint density at radius 3 is 2.36 bits per heavy atom. The minimum absolute atomic E-state index is 0.0517. The topological polar surface area (TPSA) is 40.5 Å². The molecular formula is C26H46O2. The first kappa shape index (κ1) is 22.2. The molecule has 2 nitrogen and oxygen atoms in total. The first-order chi connectivity index (χ1) is 13.3. The van der Waals surface area contributed by atoms with Crippen molar-refractivity contribution in [1.29, 1.82) is 0 Å². The summed E-state index contributed by atoms with van der Waals surface area (Å²) in [6, 6.07) is 0. The van der Waals surface area contributed by atoms with Crippen molar-refractivity contribution < 1.29 is 10.2 Å². The highest BCUT2D eigenvalue weighted by Crippen LogP contribution is 2.70. The first-order valence-electron chi connectivity index (χ1n) is 12.2. The lowest BCUT2D eigenvalue weighted by molar-refractivity contribution is -0.189. The van der Waals surface area contributed by atoms with Crippen LogP contribution in [0.1, 0.15) is 105 Å². The van der Waals surface area contributed by atoms with Gasteiger partial charge in [-0.3, -0.25) is 0 Å². The van der Waals surface area contributed by atoms with Crippen LogP contribution in [0.4, 0.5) is 0 Å². The van der Waals surface area contributed by atoms with E-state index in [1.165, 1.54) is 70.6 Å². The maximum absolute atomic E-state index is 11.4. The van der Waals surface area contributed by atoms with E-state index in [1.807, 2.05) is 0 Å². The summed E-state index contributed by atoms with van der Waals surface area (Å²) in [5.74, 6) is 3.26. The molecule has 0 aromatic rings. The third-order valence-corrected chi connectivity index (χ3v) is 10.5. The lowest BCUT2D eigenvalue weighted by Gasteiger charge is -2.65. The van der Waals surface area contributed by atoms with E-state index in [4.69, 9.17) is 5.11 Å². The summed E-state index contributed by atoms with van der Waals surface area (Å²) < 4.78 is 0. The maximum Gasteiger partial charge on any atom is 0.0719 e. The molecule has 0 bridgehead atoms. The summed E-state index contributed by atoms with van der Waals surface area (Å²) in [6.45, 7) is 12.9. The standard InChI is InChI=1S/C24H42O.C2H4O/c1-5-6-9-17-10-11-19-18-12-15-22(2)13-7-8-14-23(22,3)20(18)16-21(25)24(17,19)4;1-2-3/h17-21,25H,5-16H2,1-4H3;2-3H,1H2/t17-,18-,19?,20?,21-,22-,23+,24+;/m0./s1. The van der Waals surface area contributed by atoms with Crippen LogP contribution in [0.15, 0.2) is 12.8 Å². The molecule has 8 atom stereocenters. The average molecular weight is 391 g/mol. The second-order valence-electron chi connectivity index (χ2n) is 11.3. The van der Waals surface area contributed by atoms with Gasteiger partial charge in [0, 0.05) is 0 Å². The molecule has 2 heteroatoms. The Hall–Kier alpha value is -0.500. The zero-order valence-corrected chi connectivity index (χ0v) is 19.1. The summed E-state index contributed by atoms with van der Waals surface area (Å²) in [4.78, 5) is 0. The minimum Gasteiger partial charge on any atom is -0.516 e. The largest absolute Gasteiger partial charge is 0.516 e. The normalized spacial score (nSPS) is 49.8. The van der Waals surface area contributed by atoms with Gasteiger partial charge in [-0.2, -0.15) is 0 Å². The predicted molar refractivity (Wildman–Crippen MR) is 118 cm³/mol. The van der Waals surface area contributed by atoms with E-state index in [0.29, 0.717) is 10.8 Å². The Balaban J connectivity index is 0.000000706. The SMILES string of the molecule is C=CO.CCCC[C@H]1CCC2[C@@H]3CC[C@]4(C)CCCC[C@]4(C)C3C[C@H](O)[C@@]21C. The van der Waals surface area contributed by atoms with Crippen molar-refractivity contribution in [3.63, 3.8) is 0 Å². The van der Waals surface area contributed by atoms with Crippen molar-refractivity contribution in [3.05, 3.63) is 12.8 Å². The molecule has 4 fully saturated rings. The third-order valence-electron chi connectivity index (χ3n) is 10.5. The predicted octanol–water partition coefficient (Wildman–Crippen LogP) is 7.27. The van der Waals surface area contributed by atoms with Gasteiger partial charge in [0.1, 0.15) is 0 Å². The van der Waals surface area contributed by atoms with Crippen LogP contribution in [0.3, 0.4) is 0 Å². The number of rotatable bonds is 3. The van der Waals surface area contributed by atoms with Crippen molar-refractivity contribution in [1.82, 2.24) is 0 Å². The monoisotopic (exact) mass is 390 g/mol. The first-order valence-corrected chi connectivity index (χ1v) is 12.2. The molecule has 0 aromatic carbocycles. The smallest absolute Gasteiger partial charge is 0.0719 e. The van der Waals surface area contributed by atoms with Crippen molar-refractivity contribution in [2.45, 2.75) is 111 Å². The number of hydrogen-bond donors (Lipinski definition) is 2. The van der Waals surface area contributed by atoms with Gasteiger partial charge in [0.25, 0.3) is 0 Å². The van der Waals surface area contributed by atoms with Gasteiger partial charge < -0.3 is 10.2 Å². The Kier molecular flexibility index (Phi) is 6.60. The number of fused-ring (bicyclic) bond motifs is 5. The van der Waals surface area contributed by atoms with E-state index >= 15 is 0 Å². The fourth-order valence-electron chi connectivity index (χ4n) is 8.61. The zero-order chi connectivity index (χ0) is 20.6. The molecular weight excluding hydrogens is 344 g/mol. The summed E-state index contributed by atoms with van der Waals surface area (Å²) in [6.07, 6.45) is 17.2. The molecule has 0 radical (unpaired) electrons. The third kappa shape index (κ3) is 3.26. The van der Waals surface area contributed by atoms with Gasteiger partial charge in [0.15, 0.2) is 0 Å². The Labute approximate surface area is 174 Å². The average Bonchev–Trinajstić information content (AvgIpc) is 3.00. The molecule has 4 rings (SSSR count). The Bertz CT molecular complexity index is 545. The molecule has 0 aromatic heterocycles.